The third-order valence-corrected chi connectivity index (χ3v) is 4.03. The van der Waals surface area contributed by atoms with Gasteiger partial charge in [-0.15, -0.1) is 0 Å². The largest absolute Gasteiger partial charge is 0.389 e. The van der Waals surface area contributed by atoms with Crippen molar-refractivity contribution in [2.75, 3.05) is 11.4 Å². The number of aliphatic hydroxyl groups excluding tert-OH is 1. The van der Waals surface area contributed by atoms with E-state index in [1.807, 2.05) is 4.90 Å². The molecule has 1 amide bonds. The molecule has 1 saturated heterocycles. The molecule has 1 aliphatic rings. The number of amides is 1. The van der Waals surface area contributed by atoms with E-state index in [1.165, 1.54) is 12.1 Å². The van der Waals surface area contributed by atoms with Crippen molar-refractivity contribution in [2.45, 2.75) is 38.8 Å². The van der Waals surface area contributed by atoms with Crippen molar-refractivity contribution in [1.82, 2.24) is 0 Å². The molecule has 1 aromatic rings. The first-order valence-corrected chi connectivity index (χ1v) is 6.93. The molecule has 20 heavy (non-hydrogen) atoms. The number of aliphatic hydroxyl groups is 1. The normalized spacial score (nSPS) is 24.5. The van der Waals surface area contributed by atoms with Crippen molar-refractivity contribution < 1.29 is 14.3 Å². The molecular weight excluding hydrogens is 259 g/mol. The zero-order chi connectivity index (χ0) is 14.9. The summed E-state index contributed by atoms with van der Waals surface area (Å²) in [6.45, 7) is 4.19. The maximum absolute atomic E-state index is 13.4. The molecule has 0 spiro atoms. The van der Waals surface area contributed by atoms with E-state index < -0.39 is 6.10 Å². The molecule has 0 bridgehead atoms. The highest BCUT2D eigenvalue weighted by atomic mass is 19.1. The molecule has 0 saturated carbocycles. The van der Waals surface area contributed by atoms with Crippen LogP contribution in [0.25, 0.3) is 0 Å². The number of carbonyl (C=O) groups excluding carboxylic acids is 1. The molecule has 1 fully saturated rings. The Kier molecular flexibility index (Phi) is 4.28. The van der Waals surface area contributed by atoms with Gasteiger partial charge in [-0.05, 0) is 44.9 Å². The van der Waals surface area contributed by atoms with Crippen LogP contribution in [0, 0.1) is 11.7 Å². The SMILES string of the molecule is CC1CCC(C(N)=O)CN1c1ccc(F)cc1[C@H](C)O. The van der Waals surface area contributed by atoms with E-state index in [1.54, 1.807) is 13.0 Å². The molecule has 1 aromatic carbocycles. The Balaban J connectivity index is 2.35. The minimum absolute atomic E-state index is 0.196. The molecule has 3 atom stereocenters. The minimum atomic E-state index is -0.762. The first kappa shape index (κ1) is 14.8. The van der Waals surface area contributed by atoms with Gasteiger partial charge in [0.15, 0.2) is 0 Å². The van der Waals surface area contributed by atoms with Crippen LogP contribution in [0.5, 0.6) is 0 Å². The van der Waals surface area contributed by atoms with Gasteiger partial charge in [0, 0.05) is 23.8 Å². The summed E-state index contributed by atoms with van der Waals surface area (Å²) in [6.07, 6.45) is 0.865. The Labute approximate surface area is 118 Å². The van der Waals surface area contributed by atoms with Gasteiger partial charge in [0.05, 0.1) is 12.0 Å². The van der Waals surface area contributed by atoms with Crippen LogP contribution in [0.4, 0.5) is 10.1 Å². The second-order valence-corrected chi connectivity index (χ2v) is 5.56. The third kappa shape index (κ3) is 2.93. The minimum Gasteiger partial charge on any atom is -0.389 e. The number of hydrogen-bond donors (Lipinski definition) is 2. The summed E-state index contributed by atoms with van der Waals surface area (Å²) >= 11 is 0. The number of anilines is 1. The maximum atomic E-state index is 13.4. The van der Waals surface area contributed by atoms with Gasteiger partial charge >= 0.3 is 0 Å². The summed E-state index contributed by atoms with van der Waals surface area (Å²) < 4.78 is 13.4. The number of hydrogen-bond acceptors (Lipinski definition) is 3. The molecule has 0 radical (unpaired) electrons. The number of halogens is 1. The number of primary amides is 1. The van der Waals surface area contributed by atoms with Crippen molar-refractivity contribution in [2.24, 2.45) is 11.7 Å². The molecular formula is C15H21FN2O2. The van der Waals surface area contributed by atoms with Crippen molar-refractivity contribution >= 4 is 11.6 Å². The van der Waals surface area contributed by atoms with E-state index in [2.05, 4.69) is 6.92 Å². The van der Waals surface area contributed by atoms with E-state index in [0.29, 0.717) is 12.1 Å². The van der Waals surface area contributed by atoms with Crippen LogP contribution in [0.1, 0.15) is 38.4 Å². The Morgan fingerprint density at radius 2 is 2.20 bits per heavy atom. The number of rotatable bonds is 3. The molecule has 2 unspecified atom stereocenters. The molecule has 5 heteroatoms. The Morgan fingerprint density at radius 1 is 1.50 bits per heavy atom. The molecule has 0 aromatic heterocycles. The molecule has 4 nitrogen and oxygen atoms in total. The molecule has 0 aliphatic carbocycles. The fourth-order valence-corrected chi connectivity index (χ4v) is 2.80. The fourth-order valence-electron chi connectivity index (χ4n) is 2.80. The van der Waals surface area contributed by atoms with Gasteiger partial charge in [-0.25, -0.2) is 4.39 Å². The Hall–Kier alpha value is -1.62. The van der Waals surface area contributed by atoms with Crippen LogP contribution in [0.3, 0.4) is 0 Å². The third-order valence-electron chi connectivity index (χ3n) is 4.03. The highest BCUT2D eigenvalue weighted by molar-refractivity contribution is 5.78. The van der Waals surface area contributed by atoms with Gasteiger partial charge in [0.2, 0.25) is 5.91 Å². The van der Waals surface area contributed by atoms with Gasteiger partial charge in [0.1, 0.15) is 5.82 Å². The van der Waals surface area contributed by atoms with Crippen LogP contribution in [0.2, 0.25) is 0 Å². The first-order chi connectivity index (χ1) is 9.40. The summed E-state index contributed by atoms with van der Waals surface area (Å²) in [5.74, 6) is -0.874. The van der Waals surface area contributed by atoms with Crippen LogP contribution < -0.4 is 10.6 Å². The summed E-state index contributed by atoms with van der Waals surface area (Å²) in [7, 11) is 0. The maximum Gasteiger partial charge on any atom is 0.222 e. The average molecular weight is 280 g/mol. The Bertz CT molecular complexity index is 505. The number of carbonyl (C=O) groups is 1. The summed E-state index contributed by atoms with van der Waals surface area (Å²) in [5.41, 5.74) is 6.72. The first-order valence-electron chi connectivity index (χ1n) is 6.93. The fraction of sp³-hybridized carbons (Fsp3) is 0.533. The van der Waals surface area contributed by atoms with Gasteiger partial charge < -0.3 is 15.7 Å². The van der Waals surface area contributed by atoms with Crippen LogP contribution in [0.15, 0.2) is 18.2 Å². The van der Waals surface area contributed by atoms with Crippen LogP contribution in [-0.2, 0) is 4.79 Å². The van der Waals surface area contributed by atoms with Crippen molar-refractivity contribution in [3.63, 3.8) is 0 Å². The molecule has 1 aliphatic heterocycles. The van der Waals surface area contributed by atoms with Crippen molar-refractivity contribution in [3.05, 3.63) is 29.6 Å². The van der Waals surface area contributed by atoms with Gasteiger partial charge in [-0.3, -0.25) is 4.79 Å². The lowest BCUT2D eigenvalue weighted by Crippen LogP contribution is -2.46. The van der Waals surface area contributed by atoms with Crippen LogP contribution in [-0.4, -0.2) is 23.6 Å². The number of piperidine rings is 1. The lowest BCUT2D eigenvalue weighted by molar-refractivity contribution is -0.122. The molecule has 3 N–H and O–H groups in total. The quantitative estimate of drug-likeness (QED) is 0.889. The van der Waals surface area contributed by atoms with E-state index in [-0.39, 0.29) is 23.7 Å². The zero-order valence-electron chi connectivity index (χ0n) is 11.8. The van der Waals surface area contributed by atoms with Crippen molar-refractivity contribution in [1.29, 1.82) is 0 Å². The second kappa shape index (κ2) is 5.79. The van der Waals surface area contributed by atoms with Gasteiger partial charge in [0.25, 0.3) is 0 Å². The monoisotopic (exact) mass is 280 g/mol. The summed E-state index contributed by atoms with van der Waals surface area (Å²) in [5, 5.41) is 9.84. The predicted molar refractivity (Wildman–Crippen MR) is 75.8 cm³/mol. The van der Waals surface area contributed by atoms with E-state index in [9.17, 15) is 14.3 Å². The van der Waals surface area contributed by atoms with Gasteiger partial charge in [-0.2, -0.15) is 0 Å². The Morgan fingerprint density at radius 3 is 2.80 bits per heavy atom. The van der Waals surface area contributed by atoms with Crippen LogP contribution >= 0.6 is 0 Å². The number of nitrogens with zero attached hydrogens (tertiary/aromatic N) is 1. The van der Waals surface area contributed by atoms with E-state index in [0.717, 1.165) is 18.5 Å². The number of nitrogens with two attached hydrogens (primary N) is 1. The molecule has 110 valence electrons. The summed E-state index contributed by atoms with van der Waals surface area (Å²) in [4.78, 5) is 13.4. The molecule has 2 rings (SSSR count). The highest BCUT2D eigenvalue weighted by Crippen LogP contribution is 2.33. The molecule has 1 heterocycles. The van der Waals surface area contributed by atoms with Gasteiger partial charge in [-0.1, -0.05) is 0 Å². The lowest BCUT2D eigenvalue weighted by Gasteiger charge is -2.40. The standard InChI is InChI=1S/C15H21FN2O2/c1-9-3-4-11(15(17)20)8-18(9)14-6-5-12(16)7-13(14)10(2)19/h5-7,9-11,19H,3-4,8H2,1-2H3,(H2,17,20)/t9?,10-,11?/m0/s1. The van der Waals surface area contributed by atoms with E-state index in [4.69, 9.17) is 5.73 Å². The summed E-state index contributed by atoms with van der Waals surface area (Å²) in [6, 6.07) is 4.62. The average Bonchev–Trinajstić information content (AvgIpc) is 2.39. The predicted octanol–water partition coefficient (Wildman–Crippen LogP) is 1.97. The number of benzene rings is 1. The smallest absolute Gasteiger partial charge is 0.222 e. The van der Waals surface area contributed by atoms with E-state index >= 15 is 0 Å². The topological polar surface area (TPSA) is 66.6 Å². The lowest BCUT2D eigenvalue weighted by atomic mass is 9.91. The highest BCUT2D eigenvalue weighted by Gasteiger charge is 2.30. The van der Waals surface area contributed by atoms with Crippen molar-refractivity contribution in [3.8, 4) is 0 Å². The second-order valence-electron chi connectivity index (χ2n) is 5.56. The zero-order valence-corrected chi connectivity index (χ0v) is 11.8.